The second kappa shape index (κ2) is 4.26. The van der Waals surface area contributed by atoms with E-state index in [0.29, 0.717) is 23.2 Å². The van der Waals surface area contributed by atoms with Crippen molar-refractivity contribution in [3.05, 3.63) is 38.3 Å². The fourth-order valence-corrected chi connectivity index (χ4v) is 1.76. The molecule has 0 aliphatic carbocycles. The molecule has 1 aromatic carbocycles. The molecule has 0 aromatic heterocycles. The monoisotopic (exact) mass is 273 g/mol. The van der Waals surface area contributed by atoms with E-state index in [4.69, 9.17) is 9.47 Å². The largest absolute Gasteiger partial charge is 0.346 e. The number of ether oxygens (including phenoxy) is 2. The van der Waals surface area contributed by atoms with Gasteiger partial charge in [-0.05, 0) is 12.1 Å². The molecule has 1 aromatic rings. The molecular weight excluding hydrogens is 266 g/mol. The van der Waals surface area contributed by atoms with Gasteiger partial charge in [-0.15, -0.1) is 0 Å². The van der Waals surface area contributed by atoms with Crippen molar-refractivity contribution in [2.24, 2.45) is 0 Å². The van der Waals surface area contributed by atoms with E-state index in [9.17, 15) is 10.1 Å². The molecule has 0 radical (unpaired) electrons. The van der Waals surface area contributed by atoms with Crippen molar-refractivity contribution >= 4 is 21.6 Å². The van der Waals surface area contributed by atoms with Crippen LogP contribution in [-0.4, -0.2) is 18.1 Å². The van der Waals surface area contributed by atoms with E-state index in [1.165, 1.54) is 6.07 Å². The highest BCUT2D eigenvalue weighted by atomic mass is 79.9. The van der Waals surface area contributed by atoms with Crippen molar-refractivity contribution in [2.75, 3.05) is 13.2 Å². The molecule has 2 rings (SSSR count). The summed E-state index contributed by atoms with van der Waals surface area (Å²) in [5.74, 6) is 0. The summed E-state index contributed by atoms with van der Waals surface area (Å²) in [5.41, 5.74) is 0.469. The third-order valence-electron chi connectivity index (χ3n) is 2.06. The molecule has 6 heteroatoms. The van der Waals surface area contributed by atoms with Crippen LogP contribution in [0.15, 0.2) is 22.7 Å². The van der Waals surface area contributed by atoms with Gasteiger partial charge in [0.1, 0.15) is 0 Å². The van der Waals surface area contributed by atoms with Crippen LogP contribution in [0.3, 0.4) is 0 Å². The first-order valence-electron chi connectivity index (χ1n) is 4.35. The highest BCUT2D eigenvalue weighted by Gasteiger charge is 2.26. The zero-order chi connectivity index (χ0) is 10.8. The van der Waals surface area contributed by atoms with E-state index < -0.39 is 11.2 Å². The van der Waals surface area contributed by atoms with Gasteiger partial charge in [-0.25, -0.2) is 0 Å². The molecule has 1 saturated heterocycles. The summed E-state index contributed by atoms with van der Waals surface area (Å²) in [4.78, 5) is 10.4. The van der Waals surface area contributed by atoms with E-state index in [0.717, 1.165) is 0 Å². The lowest BCUT2D eigenvalue weighted by molar-refractivity contribution is -0.386. The van der Waals surface area contributed by atoms with Crippen LogP contribution < -0.4 is 0 Å². The van der Waals surface area contributed by atoms with Crippen molar-refractivity contribution in [3.63, 3.8) is 0 Å². The van der Waals surface area contributed by atoms with Crippen LogP contribution in [0.2, 0.25) is 0 Å². The van der Waals surface area contributed by atoms with Gasteiger partial charge in [0.15, 0.2) is 6.29 Å². The van der Waals surface area contributed by atoms with Gasteiger partial charge in [0.2, 0.25) is 0 Å². The number of benzene rings is 1. The Bertz CT molecular complexity index is 390. The number of halogens is 1. The molecule has 0 N–H and O–H groups in total. The van der Waals surface area contributed by atoms with Crippen molar-refractivity contribution in [2.45, 2.75) is 6.29 Å². The first kappa shape index (κ1) is 10.5. The molecule has 0 bridgehead atoms. The van der Waals surface area contributed by atoms with Crippen molar-refractivity contribution in [1.82, 2.24) is 0 Å². The SMILES string of the molecule is O=[N+]([O-])c1cc(Br)ccc1C1OCCO1. The van der Waals surface area contributed by atoms with E-state index in [2.05, 4.69) is 15.9 Å². The highest BCUT2D eigenvalue weighted by molar-refractivity contribution is 9.10. The van der Waals surface area contributed by atoms with Gasteiger partial charge in [-0.2, -0.15) is 0 Å². The van der Waals surface area contributed by atoms with Gasteiger partial charge in [-0.3, -0.25) is 10.1 Å². The summed E-state index contributed by atoms with van der Waals surface area (Å²) in [6, 6.07) is 4.81. The van der Waals surface area contributed by atoms with E-state index in [1.54, 1.807) is 12.1 Å². The van der Waals surface area contributed by atoms with Crippen LogP contribution in [0, 0.1) is 10.1 Å². The number of nitrogens with zero attached hydrogens (tertiary/aromatic N) is 1. The van der Waals surface area contributed by atoms with Gasteiger partial charge in [0, 0.05) is 10.5 Å². The lowest BCUT2D eigenvalue weighted by Gasteiger charge is -2.09. The van der Waals surface area contributed by atoms with Gasteiger partial charge in [0.25, 0.3) is 5.69 Å². The van der Waals surface area contributed by atoms with Crippen LogP contribution in [0.25, 0.3) is 0 Å². The Labute approximate surface area is 94.3 Å². The Morgan fingerprint density at radius 1 is 1.40 bits per heavy atom. The summed E-state index contributed by atoms with van der Waals surface area (Å²) >= 11 is 3.19. The standard InChI is InChI=1S/C9H8BrNO4/c10-6-1-2-7(8(5-6)11(12)13)9-14-3-4-15-9/h1-2,5,9H,3-4H2. The molecule has 1 aliphatic rings. The Balaban J connectivity index is 2.40. The third-order valence-corrected chi connectivity index (χ3v) is 2.56. The van der Waals surface area contributed by atoms with Crippen molar-refractivity contribution in [1.29, 1.82) is 0 Å². The molecule has 0 saturated carbocycles. The van der Waals surface area contributed by atoms with Crippen molar-refractivity contribution < 1.29 is 14.4 Å². The quantitative estimate of drug-likeness (QED) is 0.613. The van der Waals surface area contributed by atoms with E-state index in [-0.39, 0.29) is 5.69 Å². The Kier molecular flexibility index (Phi) is 2.99. The molecule has 1 aliphatic heterocycles. The van der Waals surface area contributed by atoms with E-state index >= 15 is 0 Å². The molecule has 5 nitrogen and oxygen atoms in total. The summed E-state index contributed by atoms with van der Waals surface area (Å²) < 4.78 is 11.1. The van der Waals surface area contributed by atoms with Crippen LogP contribution in [0.4, 0.5) is 5.69 Å². The molecule has 15 heavy (non-hydrogen) atoms. The molecule has 0 spiro atoms. The van der Waals surface area contributed by atoms with Gasteiger partial charge >= 0.3 is 0 Å². The lowest BCUT2D eigenvalue weighted by Crippen LogP contribution is -2.02. The highest BCUT2D eigenvalue weighted by Crippen LogP contribution is 2.32. The summed E-state index contributed by atoms with van der Waals surface area (Å²) in [6.45, 7) is 0.940. The molecule has 0 atom stereocenters. The average Bonchev–Trinajstić information content (AvgIpc) is 2.70. The lowest BCUT2D eigenvalue weighted by atomic mass is 10.2. The molecule has 0 amide bonds. The number of hydrogen-bond acceptors (Lipinski definition) is 4. The fourth-order valence-electron chi connectivity index (χ4n) is 1.41. The maximum Gasteiger partial charge on any atom is 0.278 e. The van der Waals surface area contributed by atoms with Crippen LogP contribution in [0.5, 0.6) is 0 Å². The van der Waals surface area contributed by atoms with Crippen LogP contribution in [0.1, 0.15) is 11.9 Å². The fraction of sp³-hybridized carbons (Fsp3) is 0.333. The second-order valence-electron chi connectivity index (χ2n) is 3.03. The first-order valence-corrected chi connectivity index (χ1v) is 5.15. The maximum absolute atomic E-state index is 10.8. The topological polar surface area (TPSA) is 61.6 Å². The van der Waals surface area contributed by atoms with Crippen LogP contribution in [-0.2, 0) is 9.47 Å². The minimum absolute atomic E-state index is 0.0104. The Hall–Kier alpha value is -0.980. The van der Waals surface area contributed by atoms with E-state index in [1.807, 2.05) is 0 Å². The van der Waals surface area contributed by atoms with Gasteiger partial charge in [0.05, 0.1) is 23.7 Å². The zero-order valence-corrected chi connectivity index (χ0v) is 9.27. The van der Waals surface area contributed by atoms with Crippen LogP contribution >= 0.6 is 15.9 Å². The number of rotatable bonds is 2. The molecule has 80 valence electrons. The predicted octanol–water partition coefficient (Wildman–Crippen LogP) is 2.40. The average molecular weight is 274 g/mol. The molecule has 0 unspecified atom stereocenters. The molecule has 1 fully saturated rings. The Morgan fingerprint density at radius 3 is 2.67 bits per heavy atom. The summed E-state index contributed by atoms with van der Waals surface area (Å²) in [7, 11) is 0. The zero-order valence-electron chi connectivity index (χ0n) is 7.68. The van der Waals surface area contributed by atoms with Gasteiger partial charge in [-0.1, -0.05) is 15.9 Å². The summed E-state index contributed by atoms with van der Waals surface area (Å²) in [5, 5.41) is 10.8. The van der Waals surface area contributed by atoms with Gasteiger partial charge < -0.3 is 9.47 Å². The minimum atomic E-state index is -0.613. The first-order chi connectivity index (χ1) is 7.18. The molecule has 1 heterocycles. The third kappa shape index (κ3) is 2.17. The maximum atomic E-state index is 10.8. The minimum Gasteiger partial charge on any atom is -0.346 e. The van der Waals surface area contributed by atoms with Crippen molar-refractivity contribution in [3.8, 4) is 0 Å². The summed E-state index contributed by atoms with van der Waals surface area (Å²) in [6.07, 6.45) is -0.613. The Morgan fingerprint density at radius 2 is 2.07 bits per heavy atom. The molecular formula is C9H8BrNO4. The number of nitro benzene ring substituents is 1. The smallest absolute Gasteiger partial charge is 0.278 e. The predicted molar refractivity (Wildman–Crippen MR) is 55.4 cm³/mol. The normalized spacial score (nSPS) is 16.9. The second-order valence-corrected chi connectivity index (χ2v) is 3.95. The number of nitro groups is 1. The number of hydrogen-bond donors (Lipinski definition) is 0.